The van der Waals surface area contributed by atoms with Gasteiger partial charge in [0.25, 0.3) is 0 Å². The fourth-order valence-corrected chi connectivity index (χ4v) is 1.96. The molecule has 0 aliphatic rings. The molecule has 0 amide bonds. The Kier molecular flexibility index (Phi) is 7.89. The minimum Gasteiger partial charge on any atom is -0.395 e. The van der Waals surface area contributed by atoms with Gasteiger partial charge in [0.1, 0.15) is 0 Å². The van der Waals surface area contributed by atoms with E-state index in [1.54, 1.807) is 14.0 Å². The summed E-state index contributed by atoms with van der Waals surface area (Å²) in [4.78, 5) is 0. The van der Waals surface area contributed by atoms with Crippen molar-refractivity contribution in [2.24, 2.45) is 0 Å². The largest absolute Gasteiger partial charge is 0.395 e. The number of rotatable bonds is 9. The van der Waals surface area contributed by atoms with Gasteiger partial charge in [-0.25, -0.2) is 13.1 Å². The van der Waals surface area contributed by atoms with Crippen molar-refractivity contribution in [3.63, 3.8) is 0 Å². The maximum atomic E-state index is 11.3. The van der Waals surface area contributed by atoms with Gasteiger partial charge in [0, 0.05) is 13.2 Å². The summed E-state index contributed by atoms with van der Waals surface area (Å²) in [6.45, 7) is 2.31. The molecule has 0 rings (SSSR count). The first-order valence-electron chi connectivity index (χ1n) is 4.69. The molecule has 0 saturated heterocycles. The first kappa shape index (κ1) is 14.8. The van der Waals surface area contributed by atoms with Gasteiger partial charge in [0.2, 0.25) is 10.0 Å². The lowest BCUT2D eigenvalue weighted by molar-refractivity contribution is 0.0784. The molecule has 0 aliphatic carbocycles. The van der Waals surface area contributed by atoms with E-state index in [1.807, 2.05) is 0 Å². The Balaban J connectivity index is 3.65. The number of hydrogen-bond donors (Lipinski definition) is 2. The highest BCUT2D eigenvalue weighted by molar-refractivity contribution is 7.89. The summed E-state index contributed by atoms with van der Waals surface area (Å²) in [5, 5.41) is 8.66. The average molecular weight is 241 g/mol. The van der Waals surface area contributed by atoms with Crippen LogP contribution < -0.4 is 4.72 Å². The lowest BCUT2D eigenvalue weighted by Crippen LogP contribution is -2.37. The Labute approximate surface area is 90.6 Å². The van der Waals surface area contributed by atoms with Crippen LogP contribution in [0.25, 0.3) is 0 Å². The normalized spacial score (nSPS) is 14.1. The van der Waals surface area contributed by atoms with Crippen LogP contribution >= 0.6 is 0 Å². The third-order valence-electron chi connectivity index (χ3n) is 1.58. The molecule has 0 heterocycles. The summed E-state index contributed by atoms with van der Waals surface area (Å²) < 4.78 is 34.7. The monoisotopic (exact) mass is 241 g/mol. The Morgan fingerprint density at radius 1 is 1.33 bits per heavy atom. The minimum absolute atomic E-state index is 0.110. The first-order valence-corrected chi connectivity index (χ1v) is 6.34. The third kappa shape index (κ3) is 8.76. The molecule has 0 aromatic rings. The number of hydrogen-bond acceptors (Lipinski definition) is 5. The molecule has 7 heteroatoms. The number of aliphatic hydroxyl groups excluding tert-OH is 1. The van der Waals surface area contributed by atoms with Crippen molar-refractivity contribution in [3.8, 4) is 0 Å². The molecule has 92 valence electrons. The quantitative estimate of drug-likeness (QED) is 0.503. The zero-order valence-corrected chi connectivity index (χ0v) is 9.92. The predicted molar refractivity (Wildman–Crippen MR) is 56.2 cm³/mol. The second kappa shape index (κ2) is 8.00. The topological polar surface area (TPSA) is 84.9 Å². The molecule has 0 saturated carbocycles. The van der Waals surface area contributed by atoms with Gasteiger partial charge >= 0.3 is 0 Å². The van der Waals surface area contributed by atoms with Crippen LogP contribution in [0.4, 0.5) is 0 Å². The number of aliphatic hydroxyl groups is 1. The van der Waals surface area contributed by atoms with E-state index in [0.29, 0.717) is 13.2 Å². The molecule has 6 nitrogen and oxygen atoms in total. The van der Waals surface area contributed by atoms with Crippen LogP contribution in [0.1, 0.15) is 6.92 Å². The molecule has 1 unspecified atom stereocenters. The van der Waals surface area contributed by atoms with Gasteiger partial charge in [0.15, 0.2) is 0 Å². The molecule has 2 N–H and O–H groups in total. The highest BCUT2D eigenvalue weighted by Gasteiger charge is 2.13. The van der Waals surface area contributed by atoms with E-state index in [9.17, 15) is 8.42 Å². The molecule has 0 spiro atoms. The van der Waals surface area contributed by atoms with Crippen LogP contribution in [0.2, 0.25) is 0 Å². The first-order chi connectivity index (χ1) is 7.02. The van der Waals surface area contributed by atoms with Crippen molar-refractivity contribution >= 4 is 10.0 Å². The maximum absolute atomic E-state index is 11.3. The van der Waals surface area contributed by atoms with E-state index in [0.717, 1.165) is 0 Å². The number of sulfonamides is 1. The Bertz CT molecular complexity index is 241. The van der Waals surface area contributed by atoms with Crippen LogP contribution in [0.5, 0.6) is 0 Å². The lowest BCUT2D eigenvalue weighted by atomic mass is 10.4. The maximum Gasteiger partial charge on any atom is 0.214 e. The van der Waals surface area contributed by atoms with Gasteiger partial charge in [0.05, 0.1) is 32.2 Å². The summed E-state index contributed by atoms with van der Waals surface area (Å²) in [6.07, 6.45) is 0. The lowest BCUT2D eigenvalue weighted by Gasteiger charge is -2.11. The zero-order chi connectivity index (χ0) is 11.7. The predicted octanol–water partition coefficient (Wildman–Crippen LogP) is -1.05. The average Bonchev–Trinajstić information content (AvgIpc) is 2.16. The Morgan fingerprint density at radius 3 is 2.53 bits per heavy atom. The second-order valence-electron chi connectivity index (χ2n) is 3.13. The molecule has 15 heavy (non-hydrogen) atoms. The number of ether oxygens (including phenoxy) is 2. The molecule has 0 aromatic carbocycles. The van der Waals surface area contributed by atoms with E-state index in [1.165, 1.54) is 0 Å². The van der Waals surface area contributed by atoms with Crippen LogP contribution in [0.15, 0.2) is 0 Å². The van der Waals surface area contributed by atoms with Gasteiger partial charge in [-0.05, 0) is 6.92 Å². The molecule has 0 aliphatic heterocycles. The fraction of sp³-hybridized carbons (Fsp3) is 1.00. The smallest absolute Gasteiger partial charge is 0.214 e. The molecule has 0 radical (unpaired) electrons. The number of methoxy groups -OCH3 is 1. The van der Waals surface area contributed by atoms with E-state index in [-0.39, 0.29) is 19.0 Å². The van der Waals surface area contributed by atoms with Gasteiger partial charge in [-0.1, -0.05) is 0 Å². The summed E-state index contributed by atoms with van der Waals surface area (Å²) in [5.41, 5.74) is 0. The molecular formula is C8H19NO5S. The van der Waals surface area contributed by atoms with Crippen molar-refractivity contribution in [2.75, 3.05) is 39.3 Å². The number of nitrogens with one attached hydrogen (secondary N) is 1. The fourth-order valence-electron chi connectivity index (χ4n) is 0.816. The zero-order valence-electron chi connectivity index (χ0n) is 9.10. The Morgan fingerprint density at radius 2 is 2.00 bits per heavy atom. The van der Waals surface area contributed by atoms with Gasteiger partial charge in [-0.3, -0.25) is 0 Å². The van der Waals surface area contributed by atoms with E-state index in [2.05, 4.69) is 4.72 Å². The highest BCUT2D eigenvalue weighted by atomic mass is 32.2. The molecule has 1 atom stereocenters. The SMILES string of the molecule is COCCOCCS(=O)(=O)NC(C)CO. The van der Waals surface area contributed by atoms with Crippen LogP contribution in [-0.2, 0) is 19.5 Å². The van der Waals surface area contributed by atoms with Crippen LogP contribution in [-0.4, -0.2) is 58.9 Å². The molecular weight excluding hydrogens is 222 g/mol. The molecule has 0 aromatic heterocycles. The summed E-state index contributed by atoms with van der Waals surface area (Å²) in [7, 11) is -1.81. The van der Waals surface area contributed by atoms with Crippen molar-refractivity contribution in [1.29, 1.82) is 0 Å². The van der Waals surface area contributed by atoms with Crippen molar-refractivity contribution < 1.29 is 23.0 Å². The van der Waals surface area contributed by atoms with Gasteiger partial charge in [-0.15, -0.1) is 0 Å². The van der Waals surface area contributed by atoms with E-state index in [4.69, 9.17) is 14.6 Å². The van der Waals surface area contributed by atoms with Gasteiger partial charge < -0.3 is 14.6 Å². The summed E-state index contributed by atoms with van der Waals surface area (Å²) in [6, 6.07) is -0.464. The van der Waals surface area contributed by atoms with E-state index < -0.39 is 16.1 Å². The minimum atomic E-state index is -3.36. The molecule has 0 bridgehead atoms. The van der Waals surface area contributed by atoms with Crippen LogP contribution in [0, 0.1) is 0 Å². The van der Waals surface area contributed by atoms with Crippen LogP contribution in [0.3, 0.4) is 0 Å². The highest BCUT2D eigenvalue weighted by Crippen LogP contribution is 1.89. The standard InChI is InChI=1S/C8H19NO5S/c1-8(7-10)9-15(11,12)6-5-14-4-3-13-2/h8-10H,3-7H2,1-2H3. The van der Waals surface area contributed by atoms with Crippen molar-refractivity contribution in [2.45, 2.75) is 13.0 Å². The summed E-state index contributed by atoms with van der Waals surface area (Å²) in [5.74, 6) is -0.110. The van der Waals surface area contributed by atoms with Crippen molar-refractivity contribution in [3.05, 3.63) is 0 Å². The van der Waals surface area contributed by atoms with E-state index >= 15 is 0 Å². The Hall–Kier alpha value is -0.210. The third-order valence-corrected chi connectivity index (χ3v) is 3.05. The summed E-state index contributed by atoms with van der Waals surface area (Å²) >= 11 is 0. The van der Waals surface area contributed by atoms with Gasteiger partial charge in [-0.2, -0.15) is 0 Å². The molecule has 0 fully saturated rings. The second-order valence-corrected chi connectivity index (χ2v) is 5.00. The van der Waals surface area contributed by atoms with Crippen molar-refractivity contribution in [1.82, 2.24) is 4.72 Å².